The number of carbonyl (C=O) groups excluding carboxylic acids is 3. The summed E-state index contributed by atoms with van der Waals surface area (Å²) in [6.45, 7) is 0. The third kappa shape index (κ3) is 3.57. The second-order valence-electron chi connectivity index (χ2n) is 7.52. The molecule has 1 heterocycles. The van der Waals surface area contributed by atoms with Gasteiger partial charge >= 0.3 is 0 Å². The number of amides is 3. The van der Waals surface area contributed by atoms with Gasteiger partial charge in [-0.2, -0.15) is 0 Å². The van der Waals surface area contributed by atoms with Gasteiger partial charge in [0.25, 0.3) is 5.91 Å². The number of para-hydroxylation sites is 1. The predicted octanol–water partition coefficient (Wildman–Crippen LogP) is 3.33. The molecule has 2 aromatic rings. The number of rotatable bonds is 5. The Balaban J connectivity index is 1.60. The van der Waals surface area contributed by atoms with Crippen molar-refractivity contribution >= 4 is 23.4 Å². The van der Waals surface area contributed by atoms with Gasteiger partial charge in [-0.15, -0.1) is 0 Å². The van der Waals surface area contributed by atoms with E-state index in [2.05, 4.69) is 0 Å². The molecule has 0 aromatic heterocycles. The van der Waals surface area contributed by atoms with Gasteiger partial charge in [-0.05, 0) is 30.5 Å². The van der Waals surface area contributed by atoms with Gasteiger partial charge in [0.1, 0.15) is 6.04 Å². The molecule has 28 heavy (non-hydrogen) atoms. The van der Waals surface area contributed by atoms with E-state index in [1.165, 1.54) is 4.90 Å². The fraction of sp³-hybridized carbons (Fsp3) is 0.348. The predicted molar refractivity (Wildman–Crippen MR) is 107 cm³/mol. The molecule has 5 heteroatoms. The van der Waals surface area contributed by atoms with Crippen LogP contribution in [0.1, 0.15) is 37.7 Å². The Morgan fingerprint density at radius 2 is 1.54 bits per heavy atom. The smallest absolute Gasteiger partial charge is 0.257 e. The van der Waals surface area contributed by atoms with Crippen LogP contribution in [-0.4, -0.2) is 34.7 Å². The van der Waals surface area contributed by atoms with E-state index >= 15 is 0 Å². The monoisotopic (exact) mass is 376 g/mol. The summed E-state index contributed by atoms with van der Waals surface area (Å²) in [5.74, 6) is -0.597. The molecule has 0 bridgehead atoms. The average Bonchev–Trinajstić information content (AvgIpc) is 3.32. The molecule has 2 fully saturated rings. The molecule has 1 saturated carbocycles. The second kappa shape index (κ2) is 7.97. The molecule has 5 nitrogen and oxygen atoms in total. The van der Waals surface area contributed by atoms with Gasteiger partial charge in [0, 0.05) is 6.04 Å². The number of anilines is 1. The van der Waals surface area contributed by atoms with E-state index in [1.54, 1.807) is 29.2 Å². The lowest BCUT2D eigenvalue weighted by molar-refractivity contribution is -0.140. The third-order valence-corrected chi connectivity index (χ3v) is 5.68. The molecule has 0 spiro atoms. The van der Waals surface area contributed by atoms with Gasteiger partial charge in [-0.1, -0.05) is 61.4 Å². The maximum absolute atomic E-state index is 13.2. The number of benzene rings is 2. The van der Waals surface area contributed by atoms with Crippen LogP contribution >= 0.6 is 0 Å². The summed E-state index contributed by atoms with van der Waals surface area (Å²) in [7, 11) is 0. The van der Waals surface area contributed by atoms with E-state index in [9.17, 15) is 14.4 Å². The maximum atomic E-state index is 13.2. The quantitative estimate of drug-likeness (QED) is 0.752. The molecule has 1 aliphatic heterocycles. The molecule has 0 radical (unpaired) electrons. The molecular weight excluding hydrogens is 352 g/mol. The molecule has 1 aliphatic carbocycles. The lowest BCUT2D eigenvalue weighted by Crippen LogP contribution is -2.50. The second-order valence-corrected chi connectivity index (χ2v) is 7.52. The number of nitrogens with zero attached hydrogens (tertiary/aromatic N) is 2. The maximum Gasteiger partial charge on any atom is 0.257 e. The zero-order valence-corrected chi connectivity index (χ0v) is 15.8. The van der Waals surface area contributed by atoms with Crippen molar-refractivity contribution in [1.82, 2.24) is 4.90 Å². The van der Waals surface area contributed by atoms with Crippen molar-refractivity contribution in [3.63, 3.8) is 0 Å². The van der Waals surface area contributed by atoms with Gasteiger partial charge in [0.15, 0.2) is 0 Å². The molecule has 144 valence electrons. The van der Waals surface area contributed by atoms with Crippen molar-refractivity contribution in [3.05, 3.63) is 66.2 Å². The lowest BCUT2D eigenvalue weighted by atomic mass is 10.1. The molecule has 3 amide bonds. The van der Waals surface area contributed by atoms with Crippen molar-refractivity contribution in [1.29, 1.82) is 0 Å². The Morgan fingerprint density at radius 1 is 0.929 bits per heavy atom. The van der Waals surface area contributed by atoms with Gasteiger partial charge in [0.05, 0.1) is 18.5 Å². The Morgan fingerprint density at radius 3 is 2.18 bits per heavy atom. The van der Waals surface area contributed by atoms with E-state index in [0.717, 1.165) is 31.2 Å². The average molecular weight is 376 g/mol. The largest absolute Gasteiger partial charge is 0.327 e. The van der Waals surface area contributed by atoms with Crippen LogP contribution in [0.3, 0.4) is 0 Å². The lowest BCUT2D eigenvalue weighted by Gasteiger charge is -2.33. The van der Waals surface area contributed by atoms with Gasteiger partial charge in [0.2, 0.25) is 11.8 Å². The van der Waals surface area contributed by atoms with Gasteiger partial charge in [-0.3, -0.25) is 14.4 Å². The van der Waals surface area contributed by atoms with Crippen molar-refractivity contribution in [3.8, 4) is 0 Å². The Labute approximate surface area is 164 Å². The van der Waals surface area contributed by atoms with E-state index in [0.29, 0.717) is 5.69 Å². The fourth-order valence-electron chi connectivity index (χ4n) is 4.36. The minimum absolute atomic E-state index is 0.0358. The number of imide groups is 1. The standard InChI is InChI=1S/C23H24N2O3/c26-21(15-17-9-3-1-4-10-17)24(18-13-7-8-14-18)20-16-22(27)25(23(20)28)19-11-5-2-6-12-19/h1-6,9-12,18,20H,7-8,13-16H2. The molecule has 2 aromatic carbocycles. The molecule has 1 saturated heterocycles. The Bertz CT molecular complexity index is 860. The van der Waals surface area contributed by atoms with Crippen molar-refractivity contribution in [2.24, 2.45) is 0 Å². The molecule has 1 unspecified atom stereocenters. The van der Waals surface area contributed by atoms with Crippen molar-refractivity contribution in [2.45, 2.75) is 50.6 Å². The van der Waals surface area contributed by atoms with Crippen LogP contribution in [0, 0.1) is 0 Å². The summed E-state index contributed by atoms with van der Waals surface area (Å²) in [4.78, 5) is 42.0. The Kier molecular flexibility index (Phi) is 5.24. The summed E-state index contributed by atoms with van der Waals surface area (Å²) in [6, 6.07) is 17.9. The summed E-state index contributed by atoms with van der Waals surface area (Å²) >= 11 is 0. The highest BCUT2D eigenvalue weighted by atomic mass is 16.2. The zero-order valence-electron chi connectivity index (χ0n) is 15.8. The SMILES string of the molecule is O=C1CC(N(C(=O)Cc2ccccc2)C2CCCC2)C(=O)N1c1ccccc1. The minimum Gasteiger partial charge on any atom is -0.327 e. The summed E-state index contributed by atoms with van der Waals surface area (Å²) in [6.07, 6.45) is 4.20. The van der Waals surface area contributed by atoms with Crippen LogP contribution in [0.2, 0.25) is 0 Å². The van der Waals surface area contributed by atoms with Crippen LogP contribution in [0.4, 0.5) is 5.69 Å². The van der Waals surface area contributed by atoms with E-state index in [1.807, 2.05) is 36.4 Å². The van der Waals surface area contributed by atoms with Gasteiger partial charge < -0.3 is 4.90 Å². The third-order valence-electron chi connectivity index (χ3n) is 5.68. The number of hydrogen-bond acceptors (Lipinski definition) is 3. The first-order chi connectivity index (χ1) is 13.6. The molecule has 0 N–H and O–H groups in total. The summed E-state index contributed by atoms with van der Waals surface area (Å²) in [5, 5.41) is 0. The topological polar surface area (TPSA) is 57.7 Å². The first kappa shape index (κ1) is 18.4. The number of hydrogen-bond donors (Lipinski definition) is 0. The molecule has 1 atom stereocenters. The van der Waals surface area contributed by atoms with Crippen LogP contribution in [0.5, 0.6) is 0 Å². The van der Waals surface area contributed by atoms with Crippen molar-refractivity contribution < 1.29 is 14.4 Å². The highest BCUT2D eigenvalue weighted by molar-refractivity contribution is 6.23. The van der Waals surface area contributed by atoms with E-state index in [-0.39, 0.29) is 36.6 Å². The Hall–Kier alpha value is -2.95. The van der Waals surface area contributed by atoms with Gasteiger partial charge in [-0.25, -0.2) is 4.90 Å². The highest BCUT2D eigenvalue weighted by Crippen LogP contribution is 2.32. The molecule has 2 aliphatic rings. The van der Waals surface area contributed by atoms with Crippen LogP contribution in [0.25, 0.3) is 0 Å². The van der Waals surface area contributed by atoms with Crippen LogP contribution < -0.4 is 4.90 Å². The molecular formula is C23H24N2O3. The summed E-state index contributed by atoms with van der Waals surface area (Å²) < 4.78 is 0. The summed E-state index contributed by atoms with van der Waals surface area (Å²) in [5.41, 5.74) is 1.49. The first-order valence-corrected chi connectivity index (χ1v) is 9.92. The fourth-order valence-corrected chi connectivity index (χ4v) is 4.36. The molecule has 4 rings (SSSR count). The normalized spacial score (nSPS) is 20.0. The zero-order chi connectivity index (χ0) is 19.5. The highest BCUT2D eigenvalue weighted by Gasteiger charge is 2.46. The van der Waals surface area contributed by atoms with Crippen molar-refractivity contribution in [2.75, 3.05) is 4.90 Å². The van der Waals surface area contributed by atoms with Crippen LogP contribution in [0.15, 0.2) is 60.7 Å². The van der Waals surface area contributed by atoms with E-state index in [4.69, 9.17) is 0 Å². The van der Waals surface area contributed by atoms with Crippen LogP contribution in [-0.2, 0) is 20.8 Å². The number of carbonyl (C=O) groups is 3. The first-order valence-electron chi connectivity index (χ1n) is 9.92. The van der Waals surface area contributed by atoms with E-state index < -0.39 is 6.04 Å². The minimum atomic E-state index is -0.702.